The fraction of sp³-hybridized carbons (Fsp3) is 0.438. The van der Waals surface area contributed by atoms with Crippen molar-refractivity contribution in [1.29, 1.82) is 0 Å². The Hall–Kier alpha value is -1.77. The fourth-order valence-electron chi connectivity index (χ4n) is 2.02. The van der Waals surface area contributed by atoms with Crippen molar-refractivity contribution in [2.45, 2.75) is 34.1 Å². The van der Waals surface area contributed by atoms with Gasteiger partial charge in [0.05, 0.1) is 7.11 Å². The van der Waals surface area contributed by atoms with Crippen LogP contribution in [-0.2, 0) is 4.79 Å². The molecule has 0 radical (unpaired) electrons. The van der Waals surface area contributed by atoms with Crippen molar-refractivity contribution in [2.75, 3.05) is 7.11 Å². The van der Waals surface area contributed by atoms with Crippen LogP contribution in [0.25, 0.3) is 5.57 Å². The third-order valence-electron chi connectivity index (χ3n) is 2.72. The summed E-state index contributed by atoms with van der Waals surface area (Å²) in [5, 5.41) is 9.06. The second-order valence-electron chi connectivity index (χ2n) is 5.95. The Kier molecular flexibility index (Phi) is 4.76. The molecule has 0 fully saturated rings. The van der Waals surface area contributed by atoms with Crippen molar-refractivity contribution in [1.82, 2.24) is 0 Å². The molecule has 0 heterocycles. The molecule has 0 amide bonds. The third kappa shape index (κ3) is 4.78. The van der Waals surface area contributed by atoms with Gasteiger partial charge >= 0.3 is 5.97 Å². The summed E-state index contributed by atoms with van der Waals surface area (Å²) in [4.78, 5) is 11.0. The molecule has 3 nitrogen and oxygen atoms in total. The van der Waals surface area contributed by atoms with Gasteiger partial charge in [-0.05, 0) is 36.5 Å². The number of hydrogen-bond donors (Lipinski definition) is 1. The molecule has 1 N–H and O–H groups in total. The van der Waals surface area contributed by atoms with Crippen LogP contribution in [0.15, 0.2) is 24.3 Å². The molecule has 0 saturated carbocycles. The molecule has 104 valence electrons. The standard InChI is InChI=1S/C16H22O3/c1-11-6-7-14(19-5)13(8-11)12(9-15(17)18)10-16(2,3)4/h6-9H,10H2,1-5H3,(H,17,18)/b12-9-. The quantitative estimate of drug-likeness (QED) is 0.837. The molecule has 19 heavy (non-hydrogen) atoms. The van der Waals surface area contributed by atoms with E-state index in [0.29, 0.717) is 12.2 Å². The van der Waals surface area contributed by atoms with Crippen LogP contribution in [0.3, 0.4) is 0 Å². The smallest absolute Gasteiger partial charge is 0.328 e. The van der Waals surface area contributed by atoms with Crippen LogP contribution in [-0.4, -0.2) is 18.2 Å². The van der Waals surface area contributed by atoms with Crippen LogP contribution in [0, 0.1) is 12.3 Å². The number of hydrogen-bond acceptors (Lipinski definition) is 2. The lowest BCUT2D eigenvalue weighted by Gasteiger charge is -2.22. The van der Waals surface area contributed by atoms with Crippen molar-refractivity contribution >= 4 is 11.5 Å². The Balaban J connectivity index is 3.32. The van der Waals surface area contributed by atoms with Gasteiger partial charge in [0.25, 0.3) is 0 Å². The maximum Gasteiger partial charge on any atom is 0.328 e. The molecule has 0 atom stereocenters. The SMILES string of the molecule is COc1ccc(C)cc1/C(=C\C(=O)O)CC(C)(C)C. The van der Waals surface area contributed by atoms with E-state index in [1.54, 1.807) is 7.11 Å². The molecule has 0 bridgehead atoms. The molecule has 0 saturated heterocycles. The number of rotatable bonds is 4. The Labute approximate surface area is 114 Å². The second kappa shape index (κ2) is 5.91. The van der Waals surface area contributed by atoms with Gasteiger partial charge in [0.15, 0.2) is 0 Å². The number of aryl methyl sites for hydroxylation is 1. The minimum absolute atomic E-state index is 0.00996. The number of carboxylic acids is 1. The largest absolute Gasteiger partial charge is 0.496 e. The van der Waals surface area contributed by atoms with Crippen LogP contribution in [0.5, 0.6) is 5.75 Å². The van der Waals surface area contributed by atoms with Gasteiger partial charge in [-0.1, -0.05) is 32.4 Å². The number of aliphatic carboxylic acids is 1. The number of methoxy groups -OCH3 is 1. The first-order chi connectivity index (χ1) is 8.73. The van der Waals surface area contributed by atoms with Gasteiger partial charge in [-0.2, -0.15) is 0 Å². The highest BCUT2D eigenvalue weighted by atomic mass is 16.5. The maximum atomic E-state index is 11.0. The summed E-state index contributed by atoms with van der Waals surface area (Å²) in [6.45, 7) is 8.25. The van der Waals surface area contributed by atoms with E-state index in [-0.39, 0.29) is 5.41 Å². The Morgan fingerprint density at radius 2 is 2.00 bits per heavy atom. The normalized spacial score (nSPS) is 12.4. The minimum Gasteiger partial charge on any atom is -0.496 e. The van der Waals surface area contributed by atoms with Crippen molar-refractivity contribution in [2.24, 2.45) is 5.41 Å². The Morgan fingerprint density at radius 3 is 2.47 bits per heavy atom. The van der Waals surface area contributed by atoms with Gasteiger partial charge < -0.3 is 9.84 Å². The van der Waals surface area contributed by atoms with Crippen molar-refractivity contribution in [3.8, 4) is 5.75 Å². The summed E-state index contributed by atoms with van der Waals surface area (Å²) in [5.74, 6) is -0.217. The van der Waals surface area contributed by atoms with Gasteiger partial charge in [-0.25, -0.2) is 4.79 Å². The Bertz CT molecular complexity index is 493. The first kappa shape index (κ1) is 15.3. The first-order valence-electron chi connectivity index (χ1n) is 6.31. The van der Waals surface area contributed by atoms with Crippen molar-refractivity contribution in [3.05, 3.63) is 35.4 Å². The monoisotopic (exact) mass is 262 g/mol. The number of benzene rings is 1. The number of ether oxygens (including phenoxy) is 1. The van der Waals surface area contributed by atoms with Gasteiger partial charge in [0.1, 0.15) is 5.75 Å². The van der Waals surface area contributed by atoms with Crippen LogP contribution < -0.4 is 4.74 Å². The van der Waals surface area contributed by atoms with Crippen LogP contribution in [0.1, 0.15) is 38.3 Å². The fourth-order valence-corrected chi connectivity index (χ4v) is 2.02. The molecule has 0 aliphatic rings. The molecule has 3 heteroatoms. The summed E-state index contributed by atoms with van der Waals surface area (Å²) < 4.78 is 5.34. The number of allylic oxidation sites excluding steroid dienone is 1. The lowest BCUT2D eigenvalue weighted by molar-refractivity contribution is -0.131. The van der Waals surface area contributed by atoms with E-state index >= 15 is 0 Å². The first-order valence-corrected chi connectivity index (χ1v) is 6.31. The molecule has 0 aromatic heterocycles. The molecular formula is C16H22O3. The molecule has 0 aliphatic carbocycles. The zero-order chi connectivity index (χ0) is 14.6. The van der Waals surface area contributed by atoms with Gasteiger partial charge in [-0.3, -0.25) is 0 Å². The van der Waals surface area contributed by atoms with E-state index in [4.69, 9.17) is 9.84 Å². The molecule has 1 rings (SSSR count). The number of carboxylic acid groups (broad SMARTS) is 1. The molecule has 0 spiro atoms. The van der Waals surface area contributed by atoms with E-state index in [0.717, 1.165) is 16.7 Å². The molecule has 1 aromatic rings. The average Bonchev–Trinajstić information content (AvgIpc) is 2.25. The second-order valence-corrected chi connectivity index (χ2v) is 5.95. The van der Waals surface area contributed by atoms with Crippen molar-refractivity contribution < 1.29 is 14.6 Å². The van der Waals surface area contributed by atoms with E-state index in [1.807, 2.05) is 25.1 Å². The summed E-state index contributed by atoms with van der Waals surface area (Å²) in [6, 6.07) is 5.81. The molecule has 0 aliphatic heterocycles. The van der Waals surface area contributed by atoms with E-state index in [1.165, 1.54) is 6.08 Å². The molecule has 1 aromatic carbocycles. The van der Waals surface area contributed by atoms with Gasteiger partial charge in [0, 0.05) is 11.6 Å². The van der Waals surface area contributed by atoms with E-state index in [2.05, 4.69) is 20.8 Å². The van der Waals surface area contributed by atoms with E-state index in [9.17, 15) is 4.79 Å². The summed E-state index contributed by atoms with van der Waals surface area (Å²) in [7, 11) is 1.60. The lowest BCUT2D eigenvalue weighted by Crippen LogP contribution is -2.08. The van der Waals surface area contributed by atoms with Crippen LogP contribution in [0.4, 0.5) is 0 Å². The van der Waals surface area contributed by atoms with Gasteiger partial charge in [-0.15, -0.1) is 0 Å². The lowest BCUT2D eigenvalue weighted by atomic mass is 9.84. The topological polar surface area (TPSA) is 46.5 Å². The average molecular weight is 262 g/mol. The van der Waals surface area contributed by atoms with E-state index < -0.39 is 5.97 Å². The molecular weight excluding hydrogens is 240 g/mol. The van der Waals surface area contributed by atoms with Crippen molar-refractivity contribution in [3.63, 3.8) is 0 Å². The van der Waals surface area contributed by atoms with Crippen LogP contribution >= 0.6 is 0 Å². The third-order valence-corrected chi connectivity index (χ3v) is 2.72. The summed E-state index contributed by atoms with van der Waals surface area (Å²) in [5.41, 5.74) is 2.75. The minimum atomic E-state index is -0.928. The highest BCUT2D eigenvalue weighted by Gasteiger charge is 2.18. The summed E-state index contributed by atoms with van der Waals surface area (Å²) >= 11 is 0. The van der Waals surface area contributed by atoms with Crippen LogP contribution in [0.2, 0.25) is 0 Å². The van der Waals surface area contributed by atoms with Gasteiger partial charge in [0.2, 0.25) is 0 Å². The zero-order valence-corrected chi connectivity index (χ0v) is 12.3. The predicted octanol–water partition coefficient (Wildman–Crippen LogP) is 3.91. The Morgan fingerprint density at radius 1 is 1.37 bits per heavy atom. The predicted molar refractivity (Wildman–Crippen MR) is 77.4 cm³/mol. The number of carbonyl (C=O) groups is 1. The maximum absolute atomic E-state index is 11.0. The summed E-state index contributed by atoms with van der Waals surface area (Å²) in [6.07, 6.45) is 1.96. The highest BCUT2D eigenvalue weighted by molar-refractivity contribution is 5.91. The highest BCUT2D eigenvalue weighted by Crippen LogP contribution is 2.35. The zero-order valence-electron chi connectivity index (χ0n) is 12.3. The molecule has 0 unspecified atom stereocenters.